The van der Waals surface area contributed by atoms with Crippen LogP contribution in [-0.2, 0) is 0 Å². The number of hydrogen-bond acceptors (Lipinski definition) is 2. The van der Waals surface area contributed by atoms with Crippen molar-refractivity contribution >= 4 is 23.2 Å². The fourth-order valence-electron chi connectivity index (χ4n) is 2.01. The quantitative estimate of drug-likeness (QED) is 0.919. The molecule has 0 aliphatic heterocycles. The first-order chi connectivity index (χ1) is 9.51. The maximum atomic E-state index is 12.2. The maximum absolute atomic E-state index is 12.2. The second-order valence-electron chi connectivity index (χ2n) is 4.62. The van der Waals surface area contributed by atoms with Crippen LogP contribution in [0.15, 0.2) is 36.4 Å². The lowest BCUT2D eigenvalue weighted by Crippen LogP contribution is -2.13. The lowest BCUT2D eigenvalue weighted by molar-refractivity contribution is 0.102. The standard InChI is InChI=1S/C16H16ClNO2/c1-10-4-6-13(11(2)8-10)16(19)18-12-5-7-15(20-3)14(17)9-12/h4-9H,1-3H3,(H,18,19). The summed E-state index contributed by atoms with van der Waals surface area (Å²) in [5.74, 6) is 0.430. The maximum Gasteiger partial charge on any atom is 0.255 e. The van der Waals surface area contributed by atoms with E-state index in [1.54, 1.807) is 25.3 Å². The highest BCUT2D eigenvalue weighted by Gasteiger charge is 2.10. The molecule has 0 aliphatic carbocycles. The lowest BCUT2D eigenvalue weighted by Gasteiger charge is -2.10. The lowest BCUT2D eigenvalue weighted by atomic mass is 10.1. The van der Waals surface area contributed by atoms with E-state index < -0.39 is 0 Å². The van der Waals surface area contributed by atoms with Crippen molar-refractivity contribution in [1.29, 1.82) is 0 Å². The summed E-state index contributed by atoms with van der Waals surface area (Å²) in [6, 6.07) is 10.9. The molecule has 2 aromatic carbocycles. The van der Waals surface area contributed by atoms with Gasteiger partial charge in [0.15, 0.2) is 0 Å². The zero-order valence-electron chi connectivity index (χ0n) is 11.7. The fourth-order valence-corrected chi connectivity index (χ4v) is 2.27. The van der Waals surface area contributed by atoms with Gasteiger partial charge in [0.05, 0.1) is 12.1 Å². The van der Waals surface area contributed by atoms with E-state index in [1.807, 2.05) is 32.0 Å². The fraction of sp³-hybridized carbons (Fsp3) is 0.188. The molecule has 4 heteroatoms. The van der Waals surface area contributed by atoms with Gasteiger partial charge in [0.2, 0.25) is 0 Å². The number of hydrogen-bond donors (Lipinski definition) is 1. The highest BCUT2D eigenvalue weighted by molar-refractivity contribution is 6.32. The van der Waals surface area contributed by atoms with Crippen molar-refractivity contribution < 1.29 is 9.53 Å². The van der Waals surface area contributed by atoms with Crippen LogP contribution in [0.5, 0.6) is 5.75 Å². The molecule has 0 saturated heterocycles. The number of nitrogens with one attached hydrogen (secondary N) is 1. The number of carbonyl (C=O) groups is 1. The van der Waals surface area contributed by atoms with Crippen molar-refractivity contribution in [3.63, 3.8) is 0 Å². The Morgan fingerprint density at radius 1 is 1.15 bits per heavy atom. The Hall–Kier alpha value is -2.00. The predicted molar refractivity (Wildman–Crippen MR) is 81.9 cm³/mol. The Bertz CT molecular complexity index is 653. The first-order valence-corrected chi connectivity index (χ1v) is 6.61. The molecule has 0 radical (unpaired) electrons. The molecule has 1 amide bonds. The van der Waals surface area contributed by atoms with Crippen molar-refractivity contribution in [2.45, 2.75) is 13.8 Å². The van der Waals surface area contributed by atoms with E-state index in [0.717, 1.165) is 11.1 Å². The third kappa shape index (κ3) is 3.11. The van der Waals surface area contributed by atoms with Crippen LogP contribution in [0.25, 0.3) is 0 Å². The molecule has 3 nitrogen and oxygen atoms in total. The first-order valence-electron chi connectivity index (χ1n) is 6.23. The number of anilines is 1. The molecule has 1 N–H and O–H groups in total. The van der Waals surface area contributed by atoms with E-state index in [1.165, 1.54) is 0 Å². The van der Waals surface area contributed by atoms with Gasteiger partial charge in [-0.25, -0.2) is 0 Å². The number of rotatable bonds is 3. The average Bonchev–Trinajstić information content (AvgIpc) is 2.38. The second kappa shape index (κ2) is 5.97. The first kappa shape index (κ1) is 14.4. The van der Waals surface area contributed by atoms with Gasteiger partial charge in [0.25, 0.3) is 5.91 Å². The summed E-state index contributed by atoms with van der Waals surface area (Å²) in [4.78, 5) is 12.2. The Kier molecular flexibility index (Phi) is 4.30. The number of aryl methyl sites for hydroxylation is 2. The van der Waals surface area contributed by atoms with E-state index in [0.29, 0.717) is 22.0 Å². The molecule has 2 rings (SSSR count). The summed E-state index contributed by atoms with van der Waals surface area (Å²) in [5, 5.41) is 3.30. The molecule has 0 fully saturated rings. The Morgan fingerprint density at radius 3 is 2.50 bits per heavy atom. The van der Waals surface area contributed by atoms with Crippen LogP contribution in [0.3, 0.4) is 0 Å². The Morgan fingerprint density at radius 2 is 1.90 bits per heavy atom. The van der Waals surface area contributed by atoms with Crippen LogP contribution in [0.1, 0.15) is 21.5 Å². The molecule has 104 valence electrons. The number of carbonyl (C=O) groups excluding carboxylic acids is 1. The topological polar surface area (TPSA) is 38.3 Å². The number of benzene rings is 2. The highest BCUT2D eigenvalue weighted by atomic mass is 35.5. The monoisotopic (exact) mass is 289 g/mol. The van der Waals surface area contributed by atoms with E-state index in [4.69, 9.17) is 16.3 Å². The van der Waals surface area contributed by atoms with Gasteiger partial charge in [-0.15, -0.1) is 0 Å². The van der Waals surface area contributed by atoms with Crippen molar-refractivity contribution in [2.75, 3.05) is 12.4 Å². The molecule has 0 aliphatic rings. The molecule has 0 bridgehead atoms. The molecule has 2 aromatic rings. The predicted octanol–water partition coefficient (Wildman–Crippen LogP) is 4.22. The van der Waals surface area contributed by atoms with Gasteiger partial charge in [0, 0.05) is 11.3 Å². The largest absolute Gasteiger partial charge is 0.495 e. The smallest absolute Gasteiger partial charge is 0.255 e. The van der Waals surface area contributed by atoms with Gasteiger partial charge in [-0.05, 0) is 43.7 Å². The molecule has 0 heterocycles. The minimum absolute atomic E-state index is 0.149. The SMILES string of the molecule is COc1ccc(NC(=O)c2ccc(C)cc2C)cc1Cl. The van der Waals surface area contributed by atoms with Gasteiger partial charge < -0.3 is 10.1 Å². The minimum Gasteiger partial charge on any atom is -0.495 e. The van der Waals surface area contributed by atoms with Crippen LogP contribution in [0.2, 0.25) is 5.02 Å². The summed E-state index contributed by atoms with van der Waals surface area (Å²) in [6.45, 7) is 3.92. The average molecular weight is 290 g/mol. The normalized spacial score (nSPS) is 10.2. The summed E-state index contributed by atoms with van der Waals surface area (Å²) in [7, 11) is 1.55. The molecule has 0 spiro atoms. The molecule has 0 unspecified atom stereocenters. The summed E-state index contributed by atoms with van der Waals surface area (Å²) < 4.78 is 5.08. The van der Waals surface area contributed by atoms with Gasteiger partial charge >= 0.3 is 0 Å². The summed E-state index contributed by atoms with van der Waals surface area (Å²) >= 11 is 6.03. The van der Waals surface area contributed by atoms with E-state index in [-0.39, 0.29) is 5.91 Å². The van der Waals surface area contributed by atoms with Crippen molar-refractivity contribution in [1.82, 2.24) is 0 Å². The van der Waals surface area contributed by atoms with Crippen molar-refractivity contribution in [3.8, 4) is 5.75 Å². The third-order valence-electron chi connectivity index (χ3n) is 3.04. The number of amides is 1. The van der Waals surface area contributed by atoms with Crippen LogP contribution in [0, 0.1) is 13.8 Å². The Balaban J connectivity index is 2.21. The van der Waals surface area contributed by atoms with Gasteiger partial charge in [0.1, 0.15) is 5.75 Å². The highest BCUT2D eigenvalue weighted by Crippen LogP contribution is 2.27. The van der Waals surface area contributed by atoms with E-state index in [9.17, 15) is 4.79 Å². The molecule has 0 saturated carbocycles. The number of methoxy groups -OCH3 is 1. The van der Waals surface area contributed by atoms with Gasteiger partial charge in [-0.3, -0.25) is 4.79 Å². The van der Waals surface area contributed by atoms with Gasteiger partial charge in [-0.2, -0.15) is 0 Å². The van der Waals surface area contributed by atoms with Crippen molar-refractivity contribution in [3.05, 3.63) is 58.1 Å². The van der Waals surface area contributed by atoms with E-state index >= 15 is 0 Å². The Labute approximate surface area is 123 Å². The molecular formula is C16H16ClNO2. The summed E-state index contributed by atoms with van der Waals surface area (Å²) in [6.07, 6.45) is 0. The van der Waals surface area contributed by atoms with Crippen LogP contribution >= 0.6 is 11.6 Å². The van der Waals surface area contributed by atoms with Crippen LogP contribution in [-0.4, -0.2) is 13.0 Å². The zero-order chi connectivity index (χ0) is 14.7. The van der Waals surface area contributed by atoms with Crippen LogP contribution < -0.4 is 10.1 Å². The number of halogens is 1. The number of ether oxygens (including phenoxy) is 1. The molecule has 0 atom stereocenters. The zero-order valence-corrected chi connectivity index (χ0v) is 12.4. The molecular weight excluding hydrogens is 274 g/mol. The summed E-state index contributed by atoms with van der Waals surface area (Å²) in [5.41, 5.74) is 3.37. The van der Waals surface area contributed by atoms with E-state index in [2.05, 4.69) is 5.32 Å². The molecule has 0 aromatic heterocycles. The van der Waals surface area contributed by atoms with Gasteiger partial charge in [-0.1, -0.05) is 29.3 Å². The van der Waals surface area contributed by atoms with Crippen LogP contribution in [0.4, 0.5) is 5.69 Å². The third-order valence-corrected chi connectivity index (χ3v) is 3.33. The second-order valence-corrected chi connectivity index (χ2v) is 5.03. The van der Waals surface area contributed by atoms with Crippen molar-refractivity contribution in [2.24, 2.45) is 0 Å². The molecule has 20 heavy (non-hydrogen) atoms. The minimum atomic E-state index is -0.149.